The molecular weight excluding hydrogens is 110 g/mol. The van der Waals surface area contributed by atoms with Crippen LogP contribution < -0.4 is 5.73 Å². The minimum Gasteiger partial charge on any atom is -0.377 e. The molecule has 46 valence electrons. The van der Waals surface area contributed by atoms with E-state index in [1.165, 1.54) is 0 Å². The van der Waals surface area contributed by atoms with Crippen LogP contribution in [0.15, 0.2) is 29.0 Å². The molecule has 1 aliphatic carbocycles. The first-order valence-electron chi connectivity index (χ1n) is 2.94. The average Bonchev–Trinajstić information content (AvgIpc) is 1.83. The number of allylic oxidation sites excluding steroid dienone is 5. The summed E-state index contributed by atoms with van der Waals surface area (Å²) < 4.78 is 0. The molecule has 0 unspecified atom stereocenters. The largest absolute Gasteiger partial charge is 0.377 e. The van der Waals surface area contributed by atoms with Crippen molar-refractivity contribution in [3.05, 3.63) is 35.1 Å². The van der Waals surface area contributed by atoms with Crippen molar-refractivity contribution in [2.75, 3.05) is 0 Å². The Hall–Kier alpha value is -1.07. The molecule has 0 aromatic heterocycles. The molecule has 0 atom stereocenters. The molecule has 0 spiro atoms. The highest BCUT2D eigenvalue weighted by atomic mass is 14.6. The van der Waals surface area contributed by atoms with Crippen molar-refractivity contribution in [3.63, 3.8) is 0 Å². The van der Waals surface area contributed by atoms with E-state index in [0.29, 0.717) is 0 Å². The maximum atomic E-state index is 5.66. The van der Waals surface area contributed by atoms with Gasteiger partial charge in [-0.05, 0) is 0 Å². The highest BCUT2D eigenvalue weighted by Crippen LogP contribution is 2.13. The number of hydrogen-bond acceptors (Lipinski definition) is 1. The lowest BCUT2D eigenvalue weighted by Crippen LogP contribution is -2.03. The number of hydrogen-bond donors (Lipinski definition) is 1. The van der Waals surface area contributed by atoms with Gasteiger partial charge in [0.2, 0.25) is 0 Å². The summed E-state index contributed by atoms with van der Waals surface area (Å²) in [6, 6.07) is 0. The minimum absolute atomic E-state index is 0.883. The van der Waals surface area contributed by atoms with Crippen LogP contribution in [0.3, 0.4) is 0 Å². The van der Waals surface area contributed by atoms with Crippen LogP contribution in [-0.4, -0.2) is 0 Å². The van der Waals surface area contributed by atoms with Crippen LogP contribution >= 0.6 is 0 Å². The fraction of sp³-hybridized carbons (Fsp3) is 0.250. The molecule has 1 nitrogen and oxygen atoms in total. The van der Waals surface area contributed by atoms with Crippen LogP contribution in [0, 0.1) is 6.08 Å². The molecule has 1 aliphatic rings. The Morgan fingerprint density at radius 2 is 2.11 bits per heavy atom. The summed E-state index contributed by atoms with van der Waals surface area (Å²) in [4.78, 5) is 0. The van der Waals surface area contributed by atoms with Crippen LogP contribution in [0.25, 0.3) is 0 Å². The normalized spacial score (nSPS) is 17.3. The van der Waals surface area contributed by atoms with Crippen LogP contribution in [0.2, 0.25) is 0 Å². The lowest BCUT2D eigenvalue weighted by Gasteiger charge is -1.96. The Balaban J connectivity index is 3.06. The lowest BCUT2D eigenvalue weighted by molar-refractivity contribution is 1.21. The maximum absolute atomic E-state index is 5.66. The van der Waals surface area contributed by atoms with E-state index in [2.05, 4.69) is 6.08 Å². The van der Waals surface area contributed by atoms with E-state index in [0.717, 1.165) is 16.8 Å². The smallest absolute Gasteiger partial charge is 0.151 e. The van der Waals surface area contributed by atoms with Crippen molar-refractivity contribution in [1.82, 2.24) is 0 Å². The molecule has 0 aliphatic heterocycles. The van der Waals surface area contributed by atoms with Gasteiger partial charge in [0.15, 0.2) is 5.70 Å². The molecule has 9 heavy (non-hydrogen) atoms. The van der Waals surface area contributed by atoms with Crippen molar-refractivity contribution < 1.29 is 0 Å². The van der Waals surface area contributed by atoms with Crippen LogP contribution in [0.4, 0.5) is 0 Å². The van der Waals surface area contributed by atoms with Gasteiger partial charge in [-0.25, -0.2) is 0 Å². The summed E-state index contributed by atoms with van der Waals surface area (Å²) in [6.45, 7) is 3.97. The molecule has 0 aromatic rings. The third-order valence-electron chi connectivity index (χ3n) is 1.45. The van der Waals surface area contributed by atoms with E-state index < -0.39 is 0 Å². The van der Waals surface area contributed by atoms with E-state index in [4.69, 9.17) is 5.73 Å². The first-order valence-corrected chi connectivity index (χ1v) is 2.94. The van der Waals surface area contributed by atoms with Gasteiger partial charge in [0.25, 0.3) is 0 Å². The second-order valence-corrected chi connectivity index (χ2v) is 2.24. The Labute approximate surface area is 55.6 Å². The summed E-state index contributed by atoms with van der Waals surface area (Å²) >= 11 is 0. The summed E-state index contributed by atoms with van der Waals surface area (Å²) in [5, 5.41) is 0. The zero-order chi connectivity index (χ0) is 6.85. The minimum atomic E-state index is 0.883. The fourth-order valence-electron chi connectivity index (χ4n) is 0.758. The molecule has 0 heterocycles. The summed E-state index contributed by atoms with van der Waals surface area (Å²) in [7, 11) is 0. The molecule has 0 fully saturated rings. The Morgan fingerprint density at radius 1 is 1.44 bits per heavy atom. The van der Waals surface area contributed by atoms with Crippen molar-refractivity contribution in [2.45, 2.75) is 13.8 Å². The predicted molar refractivity (Wildman–Crippen MR) is 38.5 cm³/mol. The SMILES string of the molecule is CC1=C[C+]=CC(C)=C1N. The van der Waals surface area contributed by atoms with Gasteiger partial charge in [0, 0.05) is 19.9 Å². The summed E-state index contributed by atoms with van der Waals surface area (Å²) in [5.74, 6) is 0. The second kappa shape index (κ2) is 2.04. The highest BCUT2D eigenvalue weighted by Gasteiger charge is 2.09. The van der Waals surface area contributed by atoms with Crippen molar-refractivity contribution in [1.29, 1.82) is 0 Å². The molecule has 0 radical (unpaired) electrons. The Morgan fingerprint density at radius 3 is 2.56 bits per heavy atom. The van der Waals surface area contributed by atoms with Crippen molar-refractivity contribution in [3.8, 4) is 0 Å². The fourth-order valence-corrected chi connectivity index (χ4v) is 0.758. The molecule has 0 amide bonds. The molecule has 0 saturated carbocycles. The Bertz CT molecular complexity index is 207. The van der Waals surface area contributed by atoms with Crippen LogP contribution in [0.1, 0.15) is 13.8 Å². The van der Waals surface area contributed by atoms with E-state index >= 15 is 0 Å². The topological polar surface area (TPSA) is 26.0 Å². The molecule has 1 heteroatoms. The maximum Gasteiger partial charge on any atom is 0.151 e. The van der Waals surface area contributed by atoms with E-state index in [-0.39, 0.29) is 0 Å². The average molecular weight is 120 g/mol. The van der Waals surface area contributed by atoms with E-state index in [1.807, 2.05) is 26.0 Å². The molecule has 1 rings (SSSR count). The molecule has 0 bridgehead atoms. The number of nitrogens with two attached hydrogens (primary N) is 1. The second-order valence-electron chi connectivity index (χ2n) is 2.24. The molecule has 0 aromatic carbocycles. The van der Waals surface area contributed by atoms with Crippen molar-refractivity contribution >= 4 is 0 Å². The quantitative estimate of drug-likeness (QED) is 0.482. The summed E-state index contributed by atoms with van der Waals surface area (Å²) in [5.41, 5.74) is 8.76. The van der Waals surface area contributed by atoms with Crippen LogP contribution in [0.5, 0.6) is 0 Å². The molecular formula is C8H10N+. The van der Waals surface area contributed by atoms with Gasteiger partial charge in [-0.2, -0.15) is 0 Å². The number of rotatable bonds is 0. The van der Waals surface area contributed by atoms with E-state index in [1.54, 1.807) is 0 Å². The lowest BCUT2D eigenvalue weighted by atomic mass is 10.1. The predicted octanol–water partition coefficient (Wildman–Crippen LogP) is 1.54. The van der Waals surface area contributed by atoms with Gasteiger partial charge in [-0.3, -0.25) is 0 Å². The first kappa shape index (κ1) is 6.06. The third kappa shape index (κ3) is 1.01. The van der Waals surface area contributed by atoms with Gasteiger partial charge in [-0.1, -0.05) is 0 Å². The van der Waals surface area contributed by atoms with Gasteiger partial charge >= 0.3 is 0 Å². The van der Waals surface area contributed by atoms with Crippen molar-refractivity contribution in [2.24, 2.45) is 5.73 Å². The zero-order valence-corrected chi connectivity index (χ0v) is 5.73. The first-order chi connectivity index (χ1) is 4.22. The monoisotopic (exact) mass is 120 g/mol. The van der Waals surface area contributed by atoms with Gasteiger partial charge in [0.1, 0.15) is 12.2 Å². The Kier molecular flexibility index (Phi) is 1.37. The third-order valence-corrected chi connectivity index (χ3v) is 1.45. The zero-order valence-electron chi connectivity index (χ0n) is 5.73. The highest BCUT2D eigenvalue weighted by molar-refractivity contribution is 5.40. The molecule has 0 saturated heterocycles. The van der Waals surface area contributed by atoms with Gasteiger partial charge in [0.05, 0.1) is 11.1 Å². The molecule has 2 N–H and O–H groups in total. The summed E-state index contributed by atoms with van der Waals surface area (Å²) in [6.07, 6.45) is 6.77. The standard InChI is InChI=1S/C8H10N/c1-6-4-3-5-7(2)8(6)9/h4-5H,9H2,1-2H3/q+1. The van der Waals surface area contributed by atoms with Gasteiger partial charge in [-0.15, -0.1) is 0 Å². The van der Waals surface area contributed by atoms with Crippen LogP contribution in [-0.2, 0) is 0 Å². The van der Waals surface area contributed by atoms with E-state index in [9.17, 15) is 0 Å². The van der Waals surface area contributed by atoms with Gasteiger partial charge < -0.3 is 5.73 Å².